The zero-order chi connectivity index (χ0) is 17.6. The summed E-state index contributed by atoms with van der Waals surface area (Å²) in [4.78, 5) is 16.6. The first kappa shape index (κ1) is 17.0. The van der Waals surface area contributed by atoms with Gasteiger partial charge < -0.3 is 14.8 Å². The van der Waals surface area contributed by atoms with Crippen molar-refractivity contribution in [2.75, 3.05) is 19.5 Å². The predicted octanol–water partition coefficient (Wildman–Crippen LogP) is 4.01. The van der Waals surface area contributed by atoms with Crippen molar-refractivity contribution in [2.24, 2.45) is 0 Å². The summed E-state index contributed by atoms with van der Waals surface area (Å²) in [6, 6.07) is 15.1. The van der Waals surface area contributed by atoms with Crippen molar-refractivity contribution >= 4 is 22.4 Å². The molecule has 2 aromatic carbocycles. The highest BCUT2D eigenvalue weighted by Gasteiger charge is 2.09. The Bertz CT molecular complexity index is 842. The van der Waals surface area contributed by atoms with Gasteiger partial charge in [-0.15, -0.1) is 11.3 Å². The smallest absolute Gasteiger partial charge is 0.230 e. The first-order valence-electron chi connectivity index (χ1n) is 7.70. The molecule has 0 aliphatic heterocycles. The molecule has 0 atom stereocenters. The molecular formula is C19H18N2O3S. The van der Waals surface area contributed by atoms with Gasteiger partial charge in [0.15, 0.2) is 5.13 Å². The molecule has 0 saturated carbocycles. The van der Waals surface area contributed by atoms with Crippen molar-refractivity contribution in [2.45, 2.75) is 6.42 Å². The second kappa shape index (κ2) is 7.81. The van der Waals surface area contributed by atoms with Crippen LogP contribution in [0.3, 0.4) is 0 Å². The summed E-state index contributed by atoms with van der Waals surface area (Å²) in [7, 11) is 3.25. The van der Waals surface area contributed by atoms with E-state index in [1.807, 2.05) is 53.9 Å². The molecule has 0 unspecified atom stereocenters. The number of hydrogen-bond donors (Lipinski definition) is 1. The molecule has 0 radical (unpaired) electrons. The van der Waals surface area contributed by atoms with E-state index in [1.54, 1.807) is 14.2 Å². The number of nitrogens with one attached hydrogen (secondary N) is 1. The Balaban J connectivity index is 1.62. The zero-order valence-electron chi connectivity index (χ0n) is 14.0. The molecule has 0 fully saturated rings. The third-order valence-corrected chi connectivity index (χ3v) is 4.42. The molecule has 5 nitrogen and oxygen atoms in total. The highest BCUT2D eigenvalue weighted by molar-refractivity contribution is 7.14. The van der Waals surface area contributed by atoms with Gasteiger partial charge in [-0.2, -0.15) is 0 Å². The van der Waals surface area contributed by atoms with E-state index in [4.69, 9.17) is 9.47 Å². The Hall–Kier alpha value is -2.86. The topological polar surface area (TPSA) is 60.5 Å². The molecule has 0 saturated heterocycles. The van der Waals surface area contributed by atoms with Gasteiger partial charge in [-0.1, -0.05) is 12.1 Å². The average Bonchev–Trinajstić information content (AvgIpc) is 3.10. The Labute approximate surface area is 150 Å². The summed E-state index contributed by atoms with van der Waals surface area (Å²) >= 11 is 1.40. The summed E-state index contributed by atoms with van der Waals surface area (Å²) < 4.78 is 10.3. The van der Waals surface area contributed by atoms with Crippen LogP contribution < -0.4 is 14.8 Å². The number of benzene rings is 2. The summed E-state index contributed by atoms with van der Waals surface area (Å²) in [5, 5.41) is 5.35. The van der Waals surface area contributed by atoms with Crippen molar-refractivity contribution in [1.29, 1.82) is 0 Å². The van der Waals surface area contributed by atoms with E-state index in [9.17, 15) is 4.79 Å². The maximum atomic E-state index is 12.2. The molecule has 25 heavy (non-hydrogen) atoms. The van der Waals surface area contributed by atoms with E-state index >= 15 is 0 Å². The average molecular weight is 354 g/mol. The quantitative estimate of drug-likeness (QED) is 0.727. The summed E-state index contributed by atoms with van der Waals surface area (Å²) in [5.74, 6) is 1.47. The number of nitrogens with zero attached hydrogens (tertiary/aromatic N) is 1. The van der Waals surface area contributed by atoms with E-state index in [0.717, 1.165) is 28.3 Å². The molecule has 1 aromatic heterocycles. The van der Waals surface area contributed by atoms with E-state index < -0.39 is 0 Å². The van der Waals surface area contributed by atoms with Crippen LogP contribution in [0.2, 0.25) is 0 Å². The number of methoxy groups -OCH3 is 2. The normalized spacial score (nSPS) is 10.3. The van der Waals surface area contributed by atoms with Crippen LogP contribution in [0.5, 0.6) is 11.5 Å². The second-order valence-electron chi connectivity index (χ2n) is 5.34. The van der Waals surface area contributed by atoms with Crippen molar-refractivity contribution in [3.63, 3.8) is 0 Å². The van der Waals surface area contributed by atoms with E-state index in [2.05, 4.69) is 10.3 Å². The molecule has 0 aliphatic carbocycles. The lowest BCUT2D eigenvalue weighted by Crippen LogP contribution is -2.14. The van der Waals surface area contributed by atoms with Crippen LogP contribution in [0, 0.1) is 0 Å². The van der Waals surface area contributed by atoms with Crippen molar-refractivity contribution in [3.05, 3.63) is 59.5 Å². The highest BCUT2D eigenvalue weighted by atomic mass is 32.1. The Morgan fingerprint density at radius 3 is 2.20 bits per heavy atom. The Morgan fingerprint density at radius 1 is 1.00 bits per heavy atom. The Morgan fingerprint density at radius 2 is 1.60 bits per heavy atom. The predicted molar refractivity (Wildman–Crippen MR) is 99.4 cm³/mol. The second-order valence-corrected chi connectivity index (χ2v) is 6.20. The molecule has 128 valence electrons. The van der Waals surface area contributed by atoms with Crippen LogP contribution in [0.15, 0.2) is 53.9 Å². The van der Waals surface area contributed by atoms with Crippen LogP contribution in [-0.4, -0.2) is 25.1 Å². The van der Waals surface area contributed by atoms with Gasteiger partial charge in [0.05, 0.1) is 26.3 Å². The van der Waals surface area contributed by atoms with Crippen LogP contribution >= 0.6 is 11.3 Å². The number of anilines is 1. The van der Waals surface area contributed by atoms with Gasteiger partial charge >= 0.3 is 0 Å². The number of rotatable bonds is 6. The number of carbonyl (C=O) groups is 1. The zero-order valence-corrected chi connectivity index (χ0v) is 14.8. The molecular weight excluding hydrogens is 336 g/mol. The molecule has 1 heterocycles. The minimum absolute atomic E-state index is 0.0965. The molecule has 3 rings (SSSR count). The number of amides is 1. The van der Waals surface area contributed by atoms with Gasteiger partial charge in [0.25, 0.3) is 0 Å². The lowest BCUT2D eigenvalue weighted by atomic mass is 10.1. The Kier molecular flexibility index (Phi) is 5.30. The van der Waals surface area contributed by atoms with E-state index in [-0.39, 0.29) is 5.91 Å². The van der Waals surface area contributed by atoms with Gasteiger partial charge in [-0.05, 0) is 42.0 Å². The number of thiazole rings is 1. The van der Waals surface area contributed by atoms with Gasteiger partial charge in [-0.25, -0.2) is 4.98 Å². The van der Waals surface area contributed by atoms with E-state index in [0.29, 0.717) is 11.6 Å². The molecule has 1 amide bonds. The largest absolute Gasteiger partial charge is 0.497 e. The SMILES string of the molecule is COc1ccc(CC(=O)Nc2nc(-c3ccc(OC)cc3)cs2)cc1. The molecule has 0 aliphatic rings. The molecule has 0 spiro atoms. The maximum absolute atomic E-state index is 12.2. The fourth-order valence-corrected chi connectivity index (χ4v) is 3.05. The fraction of sp³-hybridized carbons (Fsp3) is 0.158. The van der Waals surface area contributed by atoms with Crippen LogP contribution in [0.25, 0.3) is 11.3 Å². The van der Waals surface area contributed by atoms with Gasteiger partial charge in [-0.3, -0.25) is 4.79 Å². The number of ether oxygens (including phenoxy) is 2. The minimum Gasteiger partial charge on any atom is -0.497 e. The van der Waals surface area contributed by atoms with Crippen LogP contribution in [0.1, 0.15) is 5.56 Å². The van der Waals surface area contributed by atoms with Crippen LogP contribution in [-0.2, 0) is 11.2 Å². The third-order valence-electron chi connectivity index (χ3n) is 3.66. The lowest BCUT2D eigenvalue weighted by Gasteiger charge is -2.04. The van der Waals surface area contributed by atoms with Crippen molar-refractivity contribution in [3.8, 4) is 22.8 Å². The number of hydrogen-bond acceptors (Lipinski definition) is 5. The van der Waals surface area contributed by atoms with Crippen molar-refractivity contribution < 1.29 is 14.3 Å². The van der Waals surface area contributed by atoms with Gasteiger partial charge in [0.1, 0.15) is 11.5 Å². The number of carbonyl (C=O) groups excluding carboxylic acids is 1. The maximum Gasteiger partial charge on any atom is 0.230 e. The molecule has 3 aromatic rings. The van der Waals surface area contributed by atoms with E-state index in [1.165, 1.54) is 11.3 Å². The third kappa shape index (κ3) is 4.36. The molecule has 1 N–H and O–H groups in total. The minimum atomic E-state index is -0.0965. The standard InChI is InChI=1S/C19H18N2O3S/c1-23-15-7-3-13(4-8-15)11-18(22)21-19-20-17(12-25-19)14-5-9-16(24-2)10-6-14/h3-10,12H,11H2,1-2H3,(H,20,21,22). The monoisotopic (exact) mass is 354 g/mol. The van der Waals surface area contributed by atoms with Crippen molar-refractivity contribution in [1.82, 2.24) is 4.98 Å². The first-order chi connectivity index (χ1) is 12.2. The molecule has 0 bridgehead atoms. The van der Waals surface area contributed by atoms with Gasteiger partial charge in [0.2, 0.25) is 5.91 Å². The molecule has 6 heteroatoms. The summed E-state index contributed by atoms with van der Waals surface area (Å²) in [6.45, 7) is 0. The highest BCUT2D eigenvalue weighted by Crippen LogP contribution is 2.26. The fourth-order valence-electron chi connectivity index (χ4n) is 2.32. The first-order valence-corrected chi connectivity index (χ1v) is 8.58. The lowest BCUT2D eigenvalue weighted by molar-refractivity contribution is -0.115. The summed E-state index contributed by atoms with van der Waals surface area (Å²) in [6.07, 6.45) is 0.293. The van der Waals surface area contributed by atoms with Crippen LogP contribution in [0.4, 0.5) is 5.13 Å². The summed E-state index contributed by atoms with van der Waals surface area (Å²) in [5.41, 5.74) is 2.73. The van der Waals surface area contributed by atoms with Gasteiger partial charge in [0, 0.05) is 10.9 Å². The number of aromatic nitrogens is 1.